The van der Waals surface area contributed by atoms with Crippen molar-refractivity contribution in [2.75, 3.05) is 13.7 Å². The first-order valence-electron chi connectivity index (χ1n) is 4.24. The molecule has 12 heavy (non-hydrogen) atoms. The zero-order chi connectivity index (χ0) is 9.45. The average Bonchev–Trinajstić information content (AvgIpc) is 2.06. The van der Waals surface area contributed by atoms with Crippen LogP contribution in [0.4, 0.5) is 0 Å². The molecule has 3 nitrogen and oxygen atoms in total. The molecule has 0 rings (SSSR count). The van der Waals surface area contributed by atoms with Gasteiger partial charge in [0.15, 0.2) is 0 Å². The first-order chi connectivity index (χ1) is 5.68. The molecule has 0 fully saturated rings. The smallest absolute Gasteiger partial charge is 0.334 e. The molecule has 0 aromatic rings. The normalized spacial score (nSPS) is 15.2. The first kappa shape index (κ1) is 11.6. The molecule has 0 saturated heterocycles. The van der Waals surface area contributed by atoms with E-state index in [0.29, 0.717) is 13.0 Å². The molecular formula is C8H17NO2Si. The van der Waals surface area contributed by atoms with Gasteiger partial charge < -0.3 is 8.85 Å². The first-order valence-corrected chi connectivity index (χ1v) is 6.77. The summed E-state index contributed by atoms with van der Waals surface area (Å²) in [6.07, 6.45) is 1.48. The van der Waals surface area contributed by atoms with E-state index in [4.69, 9.17) is 14.1 Å². The molecule has 0 heterocycles. The van der Waals surface area contributed by atoms with E-state index in [1.54, 1.807) is 7.11 Å². The Bertz CT molecular complexity index is 158. The quantitative estimate of drug-likeness (QED) is 0.472. The zero-order valence-electron chi connectivity index (χ0n) is 8.09. The lowest BCUT2D eigenvalue weighted by Gasteiger charge is -2.23. The summed E-state index contributed by atoms with van der Waals surface area (Å²) in [5, 5.41) is 8.35. The minimum atomic E-state index is -1.91. The van der Waals surface area contributed by atoms with Crippen LogP contribution in [0.3, 0.4) is 0 Å². The van der Waals surface area contributed by atoms with Gasteiger partial charge in [0, 0.05) is 20.1 Å². The fraction of sp³-hybridized carbons (Fsp3) is 0.875. The largest absolute Gasteiger partial charge is 0.398 e. The van der Waals surface area contributed by atoms with Gasteiger partial charge in [-0.2, -0.15) is 5.26 Å². The third kappa shape index (κ3) is 4.49. The van der Waals surface area contributed by atoms with Gasteiger partial charge in [0.2, 0.25) is 0 Å². The summed E-state index contributed by atoms with van der Waals surface area (Å²) in [5.41, 5.74) is 0. The average molecular weight is 187 g/mol. The predicted octanol–water partition coefficient (Wildman–Crippen LogP) is 2.05. The van der Waals surface area contributed by atoms with E-state index in [0.717, 1.165) is 12.5 Å². The fourth-order valence-electron chi connectivity index (χ4n) is 1.03. The lowest BCUT2D eigenvalue weighted by Crippen LogP contribution is -2.37. The van der Waals surface area contributed by atoms with Crippen molar-refractivity contribution in [1.29, 1.82) is 5.26 Å². The van der Waals surface area contributed by atoms with E-state index >= 15 is 0 Å². The van der Waals surface area contributed by atoms with Crippen molar-refractivity contribution in [3.05, 3.63) is 0 Å². The Morgan fingerprint density at radius 1 is 1.50 bits per heavy atom. The maximum Gasteiger partial charge on any atom is 0.334 e. The predicted molar refractivity (Wildman–Crippen MR) is 49.9 cm³/mol. The van der Waals surface area contributed by atoms with Gasteiger partial charge in [0.05, 0.1) is 6.07 Å². The van der Waals surface area contributed by atoms with Crippen molar-refractivity contribution in [3.63, 3.8) is 0 Å². The molecule has 1 unspecified atom stereocenters. The maximum atomic E-state index is 8.35. The van der Waals surface area contributed by atoms with Crippen LogP contribution in [0.5, 0.6) is 0 Å². The Balaban J connectivity index is 3.72. The Morgan fingerprint density at radius 2 is 2.17 bits per heavy atom. The van der Waals surface area contributed by atoms with Crippen molar-refractivity contribution < 1.29 is 8.85 Å². The van der Waals surface area contributed by atoms with Crippen molar-refractivity contribution in [3.8, 4) is 6.07 Å². The molecule has 0 spiro atoms. The van der Waals surface area contributed by atoms with E-state index in [2.05, 4.69) is 6.07 Å². The number of nitrogens with zero attached hydrogens (tertiary/aromatic N) is 1. The van der Waals surface area contributed by atoms with Crippen molar-refractivity contribution in [2.45, 2.75) is 32.4 Å². The minimum Gasteiger partial charge on any atom is -0.398 e. The number of nitriles is 1. The lowest BCUT2D eigenvalue weighted by atomic mass is 10.4. The van der Waals surface area contributed by atoms with Gasteiger partial charge in [0.25, 0.3) is 0 Å². The van der Waals surface area contributed by atoms with Crippen LogP contribution in [0.15, 0.2) is 0 Å². The fourth-order valence-corrected chi connectivity index (χ4v) is 2.92. The maximum absolute atomic E-state index is 8.35. The molecule has 0 aromatic carbocycles. The van der Waals surface area contributed by atoms with E-state index in [-0.39, 0.29) is 0 Å². The highest BCUT2D eigenvalue weighted by atomic mass is 28.4. The van der Waals surface area contributed by atoms with Crippen LogP contribution < -0.4 is 0 Å². The van der Waals surface area contributed by atoms with Crippen molar-refractivity contribution in [1.82, 2.24) is 0 Å². The summed E-state index contributed by atoms with van der Waals surface area (Å²) in [6, 6.07) is 3.03. The van der Waals surface area contributed by atoms with E-state index in [9.17, 15) is 0 Å². The molecule has 1 atom stereocenters. The highest BCUT2D eigenvalue weighted by molar-refractivity contribution is 6.65. The van der Waals surface area contributed by atoms with Crippen LogP contribution in [0.1, 0.15) is 19.8 Å². The standard InChI is InChI=1S/C8H17NO2Si/c1-4-11-12(3,10-2)8-6-5-7-9/h4-6,8H2,1-3H3. The van der Waals surface area contributed by atoms with Gasteiger partial charge in [-0.05, 0) is 25.9 Å². The van der Waals surface area contributed by atoms with Crippen LogP contribution in [-0.2, 0) is 8.85 Å². The molecular weight excluding hydrogens is 170 g/mol. The highest BCUT2D eigenvalue weighted by Crippen LogP contribution is 2.15. The molecule has 70 valence electrons. The van der Waals surface area contributed by atoms with Gasteiger partial charge in [-0.3, -0.25) is 0 Å². The highest BCUT2D eigenvalue weighted by Gasteiger charge is 2.28. The van der Waals surface area contributed by atoms with Gasteiger partial charge in [0.1, 0.15) is 0 Å². The van der Waals surface area contributed by atoms with E-state index in [1.807, 2.05) is 13.5 Å². The van der Waals surface area contributed by atoms with Crippen molar-refractivity contribution in [2.24, 2.45) is 0 Å². The Morgan fingerprint density at radius 3 is 2.58 bits per heavy atom. The van der Waals surface area contributed by atoms with Crippen LogP contribution in [0, 0.1) is 11.3 Å². The van der Waals surface area contributed by atoms with E-state index < -0.39 is 8.56 Å². The zero-order valence-corrected chi connectivity index (χ0v) is 9.09. The SMILES string of the molecule is CCO[Si](C)(CCCC#N)OC. The monoisotopic (exact) mass is 187 g/mol. The number of rotatable bonds is 6. The Labute approximate surface area is 75.5 Å². The summed E-state index contributed by atoms with van der Waals surface area (Å²) in [5.74, 6) is 0. The number of hydrogen-bond donors (Lipinski definition) is 0. The third-order valence-corrected chi connectivity index (χ3v) is 4.83. The van der Waals surface area contributed by atoms with Crippen LogP contribution in [-0.4, -0.2) is 22.3 Å². The third-order valence-electron chi connectivity index (χ3n) is 1.80. The summed E-state index contributed by atoms with van der Waals surface area (Å²) in [7, 11) is -0.223. The molecule has 0 aliphatic rings. The summed E-state index contributed by atoms with van der Waals surface area (Å²) < 4.78 is 10.9. The number of hydrogen-bond acceptors (Lipinski definition) is 3. The Hall–Kier alpha value is -0.373. The second-order valence-corrected chi connectivity index (χ2v) is 6.25. The second-order valence-electron chi connectivity index (χ2n) is 2.78. The summed E-state index contributed by atoms with van der Waals surface area (Å²) in [6.45, 7) is 4.70. The Kier molecular flexibility index (Phi) is 5.99. The second kappa shape index (κ2) is 6.18. The molecule has 0 bridgehead atoms. The summed E-state index contributed by atoms with van der Waals surface area (Å²) >= 11 is 0. The van der Waals surface area contributed by atoms with Gasteiger partial charge >= 0.3 is 8.56 Å². The molecule has 0 aliphatic heterocycles. The molecule has 0 radical (unpaired) electrons. The van der Waals surface area contributed by atoms with Crippen LogP contribution >= 0.6 is 0 Å². The van der Waals surface area contributed by atoms with E-state index in [1.165, 1.54) is 0 Å². The molecule has 0 aliphatic carbocycles. The molecule has 0 aromatic heterocycles. The van der Waals surface area contributed by atoms with Crippen LogP contribution in [0.25, 0.3) is 0 Å². The summed E-state index contributed by atoms with van der Waals surface area (Å²) in [4.78, 5) is 0. The minimum absolute atomic E-state index is 0.596. The molecule has 0 N–H and O–H groups in total. The van der Waals surface area contributed by atoms with Crippen LogP contribution in [0.2, 0.25) is 12.6 Å². The lowest BCUT2D eigenvalue weighted by molar-refractivity contribution is 0.214. The number of unbranched alkanes of at least 4 members (excludes halogenated alkanes) is 1. The molecule has 4 heteroatoms. The van der Waals surface area contributed by atoms with Gasteiger partial charge in [-0.15, -0.1) is 0 Å². The van der Waals surface area contributed by atoms with Crippen molar-refractivity contribution >= 4 is 8.56 Å². The van der Waals surface area contributed by atoms with Gasteiger partial charge in [-0.25, -0.2) is 0 Å². The molecule has 0 amide bonds. The molecule has 0 saturated carbocycles. The topological polar surface area (TPSA) is 42.2 Å². The van der Waals surface area contributed by atoms with Gasteiger partial charge in [-0.1, -0.05) is 0 Å².